The van der Waals surface area contributed by atoms with Crippen LogP contribution >= 0.6 is 0 Å². The number of aliphatic hydroxyl groups is 3. The van der Waals surface area contributed by atoms with Crippen LogP contribution in [-0.2, 0) is 28.7 Å². The zero-order chi connectivity index (χ0) is 42.6. The van der Waals surface area contributed by atoms with Gasteiger partial charge < -0.3 is 29.7 Å². The molecule has 0 radical (unpaired) electrons. The number of carbonyl (C=O) groups excluding carboxylic acids is 4. The largest absolute Gasteiger partial charge is 0.460 e. The molecular weight excluding hydrogens is 735 g/mol. The first kappa shape index (κ1) is 47.8. The number of hydrogen-bond donors (Lipinski definition) is 3. The Labute approximate surface area is 348 Å². The van der Waals surface area contributed by atoms with Crippen LogP contribution in [0.2, 0.25) is 0 Å². The number of fused-ring (bicyclic) bond motifs is 3. The second-order valence-electron chi connectivity index (χ2n) is 18.6. The van der Waals surface area contributed by atoms with E-state index in [9.17, 15) is 34.5 Å². The summed E-state index contributed by atoms with van der Waals surface area (Å²) in [5.41, 5.74) is 1.30. The molecule has 0 aromatic carbocycles. The summed E-state index contributed by atoms with van der Waals surface area (Å²) in [6.07, 6.45) is 18.5. The van der Waals surface area contributed by atoms with E-state index in [1.807, 2.05) is 65.0 Å². The summed E-state index contributed by atoms with van der Waals surface area (Å²) in [6, 6.07) is -0.842. The Bertz CT molecular complexity index is 1510. The van der Waals surface area contributed by atoms with Gasteiger partial charge in [-0.05, 0) is 87.7 Å². The van der Waals surface area contributed by atoms with Crippen molar-refractivity contribution in [3.8, 4) is 0 Å². The molecule has 0 aromatic heterocycles. The number of amides is 1. The highest BCUT2D eigenvalue weighted by atomic mass is 16.6. The number of nitrogens with zero attached hydrogens (tertiary/aromatic N) is 1. The highest BCUT2D eigenvalue weighted by molar-refractivity contribution is 5.86. The number of Topliss-reactive ketones (excluding diaryl/α,β-unsaturated/α-hetero) is 2. The van der Waals surface area contributed by atoms with Crippen molar-refractivity contribution < 1.29 is 44.0 Å². The molecule has 3 fully saturated rings. The minimum absolute atomic E-state index is 0.00486. The van der Waals surface area contributed by atoms with Crippen molar-refractivity contribution in [2.45, 2.75) is 187 Å². The van der Waals surface area contributed by atoms with Crippen molar-refractivity contribution in [2.24, 2.45) is 35.5 Å². The Kier molecular flexibility index (Phi) is 18.6. The van der Waals surface area contributed by atoms with Crippen molar-refractivity contribution >= 4 is 23.4 Å². The van der Waals surface area contributed by atoms with Crippen LogP contribution in [0, 0.1) is 35.5 Å². The first-order chi connectivity index (χ1) is 27.5. The van der Waals surface area contributed by atoms with Gasteiger partial charge in [-0.15, -0.1) is 0 Å². The zero-order valence-electron chi connectivity index (χ0n) is 36.6. The maximum atomic E-state index is 14.2. The molecule has 10 heteroatoms. The summed E-state index contributed by atoms with van der Waals surface area (Å²) < 4.78 is 12.6. The topological polar surface area (TPSA) is 151 Å². The Morgan fingerprint density at radius 2 is 1.52 bits per heavy atom. The van der Waals surface area contributed by atoms with Crippen LogP contribution in [0.1, 0.15) is 151 Å². The summed E-state index contributed by atoms with van der Waals surface area (Å²) in [7, 11) is 0. The second-order valence-corrected chi connectivity index (χ2v) is 18.6. The Morgan fingerprint density at radius 1 is 0.810 bits per heavy atom. The van der Waals surface area contributed by atoms with Crippen LogP contribution in [0.15, 0.2) is 47.6 Å². The number of aliphatic hydroxyl groups excluding tert-OH is 2. The molecule has 2 saturated heterocycles. The lowest BCUT2D eigenvalue weighted by Crippen LogP contribution is -2.54. The van der Waals surface area contributed by atoms with E-state index in [-0.39, 0.29) is 66.8 Å². The fourth-order valence-electron chi connectivity index (χ4n) is 9.36. The number of piperidine rings is 1. The molecule has 4 aliphatic rings. The fraction of sp³-hybridized carbons (Fsp3) is 0.750. The predicted octanol–water partition coefficient (Wildman–Crippen LogP) is 8.13. The van der Waals surface area contributed by atoms with Gasteiger partial charge in [0.2, 0.25) is 5.91 Å². The number of cyclic esters (lactones) is 1. The fourth-order valence-corrected chi connectivity index (χ4v) is 9.36. The standard InChI is InChI=1S/C48H75NO9/c1-31-16-10-8-11-17-32(2)41(50)27-39-22-21-37(7)48(56,58-39)30-46(54)49-23-15-14-20-40(49)47(55)57-45(36(6)26-38-18-12-9-13-19-38)29-44(53)35(5)25-34(4)43(52)28-42(51)33(3)24-31/h8,10-11,16-17,25,31,33,35-41,43,45,50,52,56H,9,12-15,18-24,26-30H2,1-7H3/b11-8+,16-10+,32-17+,34-25+/t31-,33-,35-,36-,37-,39+,40+,41+,43+,45+,48+/m1/s1. The van der Waals surface area contributed by atoms with Crippen LogP contribution in [0.3, 0.4) is 0 Å². The number of ketones is 2. The highest BCUT2D eigenvalue weighted by Crippen LogP contribution is 2.38. The van der Waals surface area contributed by atoms with E-state index in [1.54, 1.807) is 19.9 Å². The Balaban J connectivity index is 1.61. The molecule has 11 atom stereocenters. The number of allylic oxidation sites excluding steroid dienone is 6. The molecule has 10 nitrogen and oxygen atoms in total. The van der Waals surface area contributed by atoms with Crippen LogP contribution in [0.4, 0.5) is 0 Å². The number of carbonyl (C=O) groups is 4. The van der Waals surface area contributed by atoms with Crippen molar-refractivity contribution in [2.75, 3.05) is 6.54 Å². The normalized spacial score (nSPS) is 39.0. The molecule has 0 unspecified atom stereocenters. The molecule has 3 heterocycles. The van der Waals surface area contributed by atoms with Gasteiger partial charge in [-0.25, -0.2) is 4.79 Å². The minimum atomic E-state index is -1.76. The second kappa shape index (κ2) is 22.6. The lowest BCUT2D eigenvalue weighted by atomic mass is 9.80. The van der Waals surface area contributed by atoms with Gasteiger partial charge in [-0.1, -0.05) is 103 Å². The zero-order valence-corrected chi connectivity index (χ0v) is 36.6. The van der Waals surface area contributed by atoms with Crippen LogP contribution in [0.25, 0.3) is 0 Å². The molecule has 1 amide bonds. The smallest absolute Gasteiger partial charge is 0.329 e. The maximum absolute atomic E-state index is 14.2. The predicted molar refractivity (Wildman–Crippen MR) is 226 cm³/mol. The van der Waals surface area contributed by atoms with E-state index in [4.69, 9.17) is 9.47 Å². The van der Waals surface area contributed by atoms with Crippen molar-refractivity contribution in [3.63, 3.8) is 0 Å². The minimum Gasteiger partial charge on any atom is -0.460 e. The van der Waals surface area contributed by atoms with Gasteiger partial charge in [0.25, 0.3) is 0 Å². The van der Waals surface area contributed by atoms with Gasteiger partial charge in [0.05, 0.1) is 24.7 Å². The van der Waals surface area contributed by atoms with Crippen LogP contribution in [-0.4, -0.2) is 86.5 Å². The lowest BCUT2D eigenvalue weighted by molar-refractivity contribution is -0.283. The average molecular weight is 810 g/mol. The monoisotopic (exact) mass is 810 g/mol. The number of esters is 1. The lowest BCUT2D eigenvalue weighted by Gasteiger charge is -2.44. The molecule has 0 spiro atoms. The molecule has 3 N–H and O–H groups in total. The van der Waals surface area contributed by atoms with Crippen molar-refractivity contribution in [1.29, 1.82) is 0 Å². The van der Waals surface area contributed by atoms with Crippen LogP contribution in [0.5, 0.6) is 0 Å². The molecule has 326 valence electrons. The Hall–Kier alpha value is -2.92. The van der Waals surface area contributed by atoms with Crippen LogP contribution < -0.4 is 0 Å². The first-order valence-corrected chi connectivity index (χ1v) is 22.5. The number of ether oxygens (including phenoxy) is 2. The Morgan fingerprint density at radius 3 is 2.24 bits per heavy atom. The first-order valence-electron chi connectivity index (χ1n) is 22.5. The van der Waals surface area contributed by atoms with E-state index in [2.05, 4.69) is 0 Å². The summed E-state index contributed by atoms with van der Waals surface area (Å²) in [4.78, 5) is 56.8. The van der Waals surface area contributed by atoms with Crippen molar-refractivity contribution in [3.05, 3.63) is 47.6 Å². The molecule has 2 bridgehead atoms. The molecule has 3 aliphatic heterocycles. The van der Waals surface area contributed by atoms with E-state index in [1.165, 1.54) is 24.2 Å². The summed E-state index contributed by atoms with van der Waals surface area (Å²) >= 11 is 0. The highest BCUT2D eigenvalue weighted by Gasteiger charge is 2.46. The molecule has 1 aliphatic carbocycles. The van der Waals surface area contributed by atoms with Gasteiger partial charge >= 0.3 is 5.97 Å². The third-order valence-corrected chi connectivity index (χ3v) is 13.5. The van der Waals surface area contributed by atoms with Gasteiger partial charge in [0.1, 0.15) is 23.7 Å². The molecule has 58 heavy (non-hydrogen) atoms. The van der Waals surface area contributed by atoms with Gasteiger partial charge in [-0.3, -0.25) is 14.4 Å². The van der Waals surface area contributed by atoms with Gasteiger partial charge in [0, 0.05) is 43.6 Å². The third-order valence-electron chi connectivity index (χ3n) is 13.5. The maximum Gasteiger partial charge on any atom is 0.329 e. The summed E-state index contributed by atoms with van der Waals surface area (Å²) in [5, 5.41) is 34.0. The average Bonchev–Trinajstić information content (AvgIpc) is 3.18. The molecule has 0 aromatic rings. The number of hydrogen-bond acceptors (Lipinski definition) is 9. The molecular formula is C48H75NO9. The van der Waals surface area contributed by atoms with Crippen molar-refractivity contribution in [1.82, 2.24) is 4.90 Å². The summed E-state index contributed by atoms with van der Waals surface area (Å²) in [6.45, 7) is 13.5. The number of rotatable bonds is 3. The third kappa shape index (κ3) is 14.1. The van der Waals surface area contributed by atoms with E-state index >= 15 is 0 Å². The van der Waals surface area contributed by atoms with E-state index < -0.39 is 48.1 Å². The molecule has 4 rings (SSSR count). The molecule has 1 saturated carbocycles. The summed E-state index contributed by atoms with van der Waals surface area (Å²) in [5.74, 6) is -3.49. The quantitative estimate of drug-likeness (QED) is 0.190. The van der Waals surface area contributed by atoms with Gasteiger partial charge in [0.15, 0.2) is 5.79 Å². The van der Waals surface area contributed by atoms with Gasteiger partial charge in [-0.2, -0.15) is 0 Å². The van der Waals surface area contributed by atoms with E-state index in [0.717, 1.165) is 31.3 Å². The van der Waals surface area contributed by atoms with E-state index in [0.29, 0.717) is 50.1 Å². The SMILES string of the molecule is C/C1=C\[C@@H](C)C(=O)C[C@@H]([C@H](C)CC2CCCCC2)OC(=O)[C@@H]2CCCCN2C(=O)C[C@]2(O)O[C@@H](CC[C@H]2C)C[C@H](O)/C(C)=C/C=C/C=C/[C@@H](C)C[C@@H](C)C(=O)C[C@@H]1O.